The Labute approximate surface area is 92.7 Å². The molecule has 2 heterocycles. The molecule has 0 aromatic carbocycles. The average molecular weight is 223 g/mol. The van der Waals surface area contributed by atoms with E-state index in [-0.39, 0.29) is 0 Å². The average Bonchev–Trinajstić information content (AvgIpc) is 2.50. The first kappa shape index (κ1) is 9.98. The molecule has 0 unspecified atom stereocenters. The molecule has 0 aliphatic carbocycles. The topological polar surface area (TPSA) is 56.7 Å². The molecule has 0 spiro atoms. The first-order chi connectivity index (χ1) is 7.08. The molecule has 0 atom stereocenters. The van der Waals surface area contributed by atoms with Gasteiger partial charge in [0.15, 0.2) is 5.82 Å². The first-order valence-electron chi connectivity index (χ1n) is 4.53. The van der Waals surface area contributed by atoms with E-state index in [9.17, 15) is 0 Å². The zero-order chi connectivity index (χ0) is 11.0. The Morgan fingerprint density at radius 2 is 2.07 bits per heavy atom. The van der Waals surface area contributed by atoms with Crippen LogP contribution in [0.3, 0.4) is 0 Å². The minimum atomic E-state index is 0.409. The second-order valence-electron chi connectivity index (χ2n) is 3.39. The molecule has 2 aromatic heterocycles. The van der Waals surface area contributed by atoms with Gasteiger partial charge >= 0.3 is 0 Å². The monoisotopic (exact) mass is 222 g/mol. The Morgan fingerprint density at radius 3 is 2.67 bits per heavy atom. The van der Waals surface area contributed by atoms with Crippen molar-refractivity contribution in [3.05, 3.63) is 34.7 Å². The van der Waals surface area contributed by atoms with Crippen LogP contribution in [0.1, 0.15) is 11.4 Å². The number of hydrogen-bond acceptors (Lipinski definition) is 3. The quantitative estimate of drug-likeness (QED) is 0.752. The molecule has 15 heavy (non-hydrogen) atoms. The lowest BCUT2D eigenvalue weighted by molar-refractivity contribution is 0.809. The lowest BCUT2D eigenvalue weighted by Crippen LogP contribution is -2.06. The molecule has 0 saturated heterocycles. The summed E-state index contributed by atoms with van der Waals surface area (Å²) in [4.78, 5) is 4.16. The van der Waals surface area contributed by atoms with E-state index >= 15 is 0 Å². The number of aromatic nitrogens is 3. The molecular formula is C10H11ClN4. The van der Waals surface area contributed by atoms with Gasteiger partial charge in [0.05, 0.1) is 11.4 Å². The third-order valence-corrected chi connectivity index (χ3v) is 2.29. The molecule has 0 fully saturated rings. The maximum absolute atomic E-state index is 5.82. The minimum absolute atomic E-state index is 0.409. The van der Waals surface area contributed by atoms with E-state index in [1.54, 1.807) is 16.8 Å². The van der Waals surface area contributed by atoms with Gasteiger partial charge in [0.2, 0.25) is 0 Å². The number of nitrogens with zero attached hydrogens (tertiary/aromatic N) is 3. The fraction of sp³-hybridized carbons (Fsp3) is 0.200. The van der Waals surface area contributed by atoms with E-state index in [4.69, 9.17) is 17.3 Å². The van der Waals surface area contributed by atoms with Gasteiger partial charge in [-0.25, -0.2) is 9.67 Å². The lowest BCUT2D eigenvalue weighted by Gasteiger charge is -2.06. The highest BCUT2D eigenvalue weighted by atomic mass is 35.5. The van der Waals surface area contributed by atoms with Crippen LogP contribution in [0.4, 0.5) is 5.69 Å². The second-order valence-corrected chi connectivity index (χ2v) is 3.77. The fourth-order valence-corrected chi connectivity index (χ4v) is 1.59. The van der Waals surface area contributed by atoms with Gasteiger partial charge in [0.1, 0.15) is 5.15 Å². The van der Waals surface area contributed by atoms with Gasteiger partial charge in [-0.05, 0) is 32.0 Å². The highest BCUT2D eigenvalue weighted by Gasteiger charge is 2.08. The van der Waals surface area contributed by atoms with Crippen LogP contribution >= 0.6 is 11.6 Å². The number of hydrogen-bond donors (Lipinski definition) is 1. The van der Waals surface area contributed by atoms with Crippen LogP contribution in [0, 0.1) is 13.8 Å². The van der Waals surface area contributed by atoms with Crippen molar-refractivity contribution in [3.8, 4) is 5.82 Å². The van der Waals surface area contributed by atoms with E-state index < -0.39 is 0 Å². The van der Waals surface area contributed by atoms with Crippen LogP contribution in [0.5, 0.6) is 0 Å². The maximum atomic E-state index is 5.82. The van der Waals surface area contributed by atoms with Crippen molar-refractivity contribution in [1.82, 2.24) is 14.8 Å². The third kappa shape index (κ3) is 1.80. The van der Waals surface area contributed by atoms with Gasteiger partial charge in [0.25, 0.3) is 0 Å². The summed E-state index contributed by atoms with van der Waals surface area (Å²) in [7, 11) is 0. The zero-order valence-electron chi connectivity index (χ0n) is 8.53. The van der Waals surface area contributed by atoms with E-state index in [1.165, 1.54) is 0 Å². The van der Waals surface area contributed by atoms with E-state index in [1.807, 2.05) is 19.9 Å². The molecule has 2 rings (SSSR count). The van der Waals surface area contributed by atoms with Gasteiger partial charge in [-0.1, -0.05) is 11.6 Å². The van der Waals surface area contributed by atoms with Crippen molar-refractivity contribution in [2.45, 2.75) is 13.8 Å². The van der Waals surface area contributed by atoms with E-state index in [0.717, 1.165) is 11.4 Å². The van der Waals surface area contributed by atoms with Crippen molar-refractivity contribution < 1.29 is 0 Å². The Balaban J connectivity index is 2.62. The summed E-state index contributed by atoms with van der Waals surface area (Å²) in [6.45, 7) is 3.87. The molecule has 78 valence electrons. The molecule has 2 N–H and O–H groups in total. The zero-order valence-corrected chi connectivity index (χ0v) is 9.28. The smallest absolute Gasteiger partial charge is 0.178 e. The summed E-state index contributed by atoms with van der Waals surface area (Å²) in [6, 6.07) is 5.34. The van der Waals surface area contributed by atoms with Crippen molar-refractivity contribution in [2.75, 3.05) is 5.73 Å². The molecule has 5 heteroatoms. The Hall–Kier alpha value is -1.55. The van der Waals surface area contributed by atoms with Crippen LogP contribution in [0.15, 0.2) is 18.2 Å². The number of pyridine rings is 1. The van der Waals surface area contributed by atoms with Gasteiger partial charge in [-0.3, -0.25) is 0 Å². The molecule has 0 aliphatic rings. The standard InChI is InChI=1S/C10H11ClN4/c1-6-5-7(2)15(14-6)10-8(12)3-4-9(11)13-10/h3-5H,12H2,1-2H3. The molecular weight excluding hydrogens is 212 g/mol. The summed E-state index contributed by atoms with van der Waals surface area (Å²) < 4.78 is 1.69. The number of aryl methyl sites for hydroxylation is 2. The van der Waals surface area contributed by atoms with Crippen molar-refractivity contribution in [1.29, 1.82) is 0 Å². The number of nitrogens with two attached hydrogens (primary N) is 1. The molecule has 4 nitrogen and oxygen atoms in total. The summed E-state index contributed by atoms with van der Waals surface area (Å²) in [5.41, 5.74) is 8.28. The van der Waals surface area contributed by atoms with Crippen LogP contribution < -0.4 is 5.73 Å². The van der Waals surface area contributed by atoms with Gasteiger partial charge in [0, 0.05) is 5.69 Å². The van der Waals surface area contributed by atoms with Crippen LogP contribution in [-0.4, -0.2) is 14.8 Å². The first-order valence-corrected chi connectivity index (χ1v) is 4.91. The third-order valence-electron chi connectivity index (χ3n) is 2.08. The van der Waals surface area contributed by atoms with Gasteiger partial charge in [-0.15, -0.1) is 0 Å². The summed E-state index contributed by atoms with van der Waals surface area (Å²) in [5, 5.41) is 4.71. The molecule has 0 saturated carbocycles. The fourth-order valence-electron chi connectivity index (χ4n) is 1.45. The summed E-state index contributed by atoms with van der Waals surface area (Å²) in [6.07, 6.45) is 0. The lowest BCUT2D eigenvalue weighted by atomic mass is 10.3. The van der Waals surface area contributed by atoms with Crippen LogP contribution in [-0.2, 0) is 0 Å². The normalized spacial score (nSPS) is 10.6. The van der Waals surface area contributed by atoms with Gasteiger partial charge in [-0.2, -0.15) is 5.10 Å². The highest BCUT2D eigenvalue weighted by molar-refractivity contribution is 6.29. The Kier molecular flexibility index (Phi) is 2.36. The molecule has 0 aliphatic heterocycles. The summed E-state index contributed by atoms with van der Waals surface area (Å²) in [5.74, 6) is 0.577. The SMILES string of the molecule is Cc1cc(C)n(-c2nc(Cl)ccc2N)n1. The van der Waals surface area contributed by atoms with Gasteiger partial charge < -0.3 is 5.73 Å². The van der Waals surface area contributed by atoms with E-state index in [2.05, 4.69) is 10.1 Å². The van der Waals surface area contributed by atoms with E-state index in [0.29, 0.717) is 16.7 Å². The maximum Gasteiger partial charge on any atom is 0.178 e. The number of anilines is 1. The minimum Gasteiger partial charge on any atom is -0.396 e. The highest BCUT2D eigenvalue weighted by Crippen LogP contribution is 2.19. The van der Waals surface area contributed by atoms with Crippen molar-refractivity contribution in [3.63, 3.8) is 0 Å². The van der Waals surface area contributed by atoms with Crippen LogP contribution in [0.2, 0.25) is 5.15 Å². The number of nitrogen functional groups attached to an aromatic ring is 1. The predicted octanol–water partition coefficient (Wildman–Crippen LogP) is 2.12. The van der Waals surface area contributed by atoms with Crippen molar-refractivity contribution in [2.24, 2.45) is 0 Å². The molecule has 0 amide bonds. The second kappa shape index (κ2) is 3.55. The molecule has 2 aromatic rings. The van der Waals surface area contributed by atoms with Crippen molar-refractivity contribution >= 4 is 17.3 Å². The summed E-state index contributed by atoms with van der Waals surface area (Å²) >= 11 is 5.82. The predicted molar refractivity (Wildman–Crippen MR) is 60.3 cm³/mol. The Bertz CT molecular complexity index is 504. The molecule has 0 radical (unpaired) electrons. The molecule has 0 bridgehead atoms. The number of rotatable bonds is 1. The number of halogens is 1. The largest absolute Gasteiger partial charge is 0.396 e. The van der Waals surface area contributed by atoms with Crippen LogP contribution in [0.25, 0.3) is 5.82 Å². The Morgan fingerprint density at radius 1 is 1.33 bits per heavy atom.